The van der Waals surface area contributed by atoms with Gasteiger partial charge in [-0.25, -0.2) is 4.98 Å². The number of hydrogen-bond donors (Lipinski definition) is 0. The maximum absolute atomic E-state index is 5.49. The number of fused-ring (bicyclic) bond motifs is 1. The Morgan fingerprint density at radius 3 is 2.54 bits per heavy atom. The largest absolute Gasteiger partial charge is 0.379 e. The monoisotopic (exact) mass is 325 g/mol. The number of rotatable bonds is 3. The van der Waals surface area contributed by atoms with Gasteiger partial charge in [-0.2, -0.15) is 0 Å². The molecule has 1 unspecified atom stereocenters. The second-order valence-corrected chi connectivity index (χ2v) is 7.08. The highest BCUT2D eigenvalue weighted by Gasteiger charge is 2.28. The molecule has 0 saturated carbocycles. The Kier molecular flexibility index (Phi) is 4.67. The SMILES string of the molecule is CC(C1CCN(c2ccc3ccccc3n2)CC1)N1CCOCC1. The third-order valence-electron chi connectivity index (χ3n) is 5.75. The minimum atomic E-state index is 0.667. The van der Waals surface area contributed by atoms with Crippen LogP contribution in [0.4, 0.5) is 5.82 Å². The summed E-state index contributed by atoms with van der Waals surface area (Å²) in [6.45, 7) is 8.60. The van der Waals surface area contributed by atoms with E-state index in [9.17, 15) is 0 Å². The van der Waals surface area contributed by atoms with Crippen LogP contribution in [0.3, 0.4) is 0 Å². The van der Waals surface area contributed by atoms with E-state index in [1.165, 1.54) is 18.2 Å². The van der Waals surface area contributed by atoms with Crippen molar-refractivity contribution >= 4 is 16.7 Å². The summed E-state index contributed by atoms with van der Waals surface area (Å²) in [5, 5.41) is 1.22. The van der Waals surface area contributed by atoms with Crippen molar-refractivity contribution in [3.05, 3.63) is 36.4 Å². The Balaban J connectivity index is 1.39. The number of benzene rings is 1. The Morgan fingerprint density at radius 2 is 1.75 bits per heavy atom. The highest BCUT2D eigenvalue weighted by atomic mass is 16.5. The molecule has 2 fully saturated rings. The molecule has 0 amide bonds. The molecule has 4 rings (SSSR count). The Hall–Kier alpha value is -1.65. The molecule has 0 aliphatic carbocycles. The number of ether oxygens (including phenoxy) is 1. The summed E-state index contributed by atoms with van der Waals surface area (Å²) in [4.78, 5) is 9.92. The van der Waals surface area contributed by atoms with Gasteiger partial charge in [-0.1, -0.05) is 18.2 Å². The molecule has 0 bridgehead atoms. The van der Waals surface area contributed by atoms with E-state index in [0.717, 1.165) is 56.6 Å². The highest BCUT2D eigenvalue weighted by molar-refractivity contribution is 5.80. The fourth-order valence-electron chi connectivity index (χ4n) is 4.13. The molecular formula is C20H27N3O. The van der Waals surface area contributed by atoms with Gasteiger partial charge in [0.1, 0.15) is 5.82 Å². The lowest BCUT2D eigenvalue weighted by Crippen LogP contribution is -2.48. The van der Waals surface area contributed by atoms with Crippen molar-refractivity contribution in [3.8, 4) is 0 Å². The standard InChI is InChI=1S/C20H27N3O/c1-16(22-12-14-24-15-13-22)17-8-10-23(11-9-17)20-7-6-18-4-2-3-5-19(18)21-20/h2-7,16-17H,8-15H2,1H3. The average Bonchev–Trinajstić information content (AvgIpc) is 2.68. The molecule has 0 N–H and O–H groups in total. The molecule has 4 heteroatoms. The maximum atomic E-state index is 5.49. The van der Waals surface area contributed by atoms with Gasteiger partial charge in [0.15, 0.2) is 0 Å². The number of morpholine rings is 1. The van der Waals surface area contributed by atoms with Crippen LogP contribution in [0.2, 0.25) is 0 Å². The van der Waals surface area contributed by atoms with Gasteiger partial charge in [-0.15, -0.1) is 0 Å². The summed E-state index contributed by atoms with van der Waals surface area (Å²) in [7, 11) is 0. The number of piperidine rings is 1. The minimum absolute atomic E-state index is 0.667. The predicted octanol–water partition coefficient (Wildman–Crippen LogP) is 3.17. The smallest absolute Gasteiger partial charge is 0.129 e. The van der Waals surface area contributed by atoms with Crippen LogP contribution < -0.4 is 4.90 Å². The number of para-hydroxylation sites is 1. The summed E-state index contributed by atoms with van der Waals surface area (Å²) in [5.74, 6) is 1.92. The van der Waals surface area contributed by atoms with E-state index in [-0.39, 0.29) is 0 Å². The van der Waals surface area contributed by atoms with Gasteiger partial charge >= 0.3 is 0 Å². The second-order valence-electron chi connectivity index (χ2n) is 7.08. The Bertz CT molecular complexity index is 675. The molecule has 1 aromatic carbocycles. The average molecular weight is 325 g/mol. The van der Waals surface area contributed by atoms with E-state index in [2.05, 4.69) is 53.1 Å². The van der Waals surface area contributed by atoms with Crippen LogP contribution in [0.15, 0.2) is 36.4 Å². The molecule has 4 nitrogen and oxygen atoms in total. The normalized spacial score (nSPS) is 22.0. The minimum Gasteiger partial charge on any atom is -0.379 e. The van der Waals surface area contributed by atoms with Crippen molar-refractivity contribution < 1.29 is 4.74 Å². The van der Waals surface area contributed by atoms with Gasteiger partial charge in [0.2, 0.25) is 0 Å². The first-order chi connectivity index (χ1) is 11.8. The van der Waals surface area contributed by atoms with Gasteiger partial charge in [-0.05, 0) is 43.9 Å². The predicted molar refractivity (Wildman–Crippen MR) is 98.5 cm³/mol. The summed E-state index contributed by atoms with van der Waals surface area (Å²) in [6, 6.07) is 13.4. The van der Waals surface area contributed by atoms with Gasteiger partial charge < -0.3 is 9.64 Å². The fraction of sp³-hybridized carbons (Fsp3) is 0.550. The van der Waals surface area contributed by atoms with Crippen molar-refractivity contribution in [2.75, 3.05) is 44.3 Å². The molecule has 2 aromatic rings. The second kappa shape index (κ2) is 7.08. The molecule has 3 heterocycles. The Morgan fingerprint density at radius 1 is 1.00 bits per heavy atom. The van der Waals surface area contributed by atoms with Crippen LogP contribution in [0.1, 0.15) is 19.8 Å². The zero-order valence-corrected chi connectivity index (χ0v) is 14.5. The van der Waals surface area contributed by atoms with Gasteiger partial charge in [-0.3, -0.25) is 4.90 Å². The van der Waals surface area contributed by atoms with E-state index >= 15 is 0 Å². The van der Waals surface area contributed by atoms with E-state index in [1.807, 2.05) is 0 Å². The molecule has 1 aromatic heterocycles. The van der Waals surface area contributed by atoms with E-state index in [1.54, 1.807) is 0 Å². The van der Waals surface area contributed by atoms with Gasteiger partial charge in [0.25, 0.3) is 0 Å². The molecular weight excluding hydrogens is 298 g/mol. The number of pyridine rings is 1. The summed E-state index contributed by atoms with van der Waals surface area (Å²) in [6.07, 6.45) is 2.51. The topological polar surface area (TPSA) is 28.6 Å². The molecule has 128 valence electrons. The zero-order valence-electron chi connectivity index (χ0n) is 14.5. The van der Waals surface area contributed by atoms with Crippen molar-refractivity contribution in [1.82, 2.24) is 9.88 Å². The lowest BCUT2D eigenvalue weighted by Gasteiger charge is -2.41. The molecule has 0 spiro atoms. The lowest BCUT2D eigenvalue weighted by molar-refractivity contribution is 0.00448. The van der Waals surface area contributed by atoms with Gasteiger partial charge in [0.05, 0.1) is 18.7 Å². The number of nitrogens with zero attached hydrogens (tertiary/aromatic N) is 3. The third kappa shape index (κ3) is 3.26. The summed E-state index contributed by atoms with van der Waals surface area (Å²) >= 11 is 0. The maximum Gasteiger partial charge on any atom is 0.129 e. The quantitative estimate of drug-likeness (QED) is 0.867. The van der Waals surface area contributed by atoms with Crippen LogP contribution >= 0.6 is 0 Å². The van der Waals surface area contributed by atoms with E-state index in [4.69, 9.17) is 9.72 Å². The summed E-state index contributed by atoms with van der Waals surface area (Å²) in [5.41, 5.74) is 1.10. The number of anilines is 1. The van der Waals surface area contributed by atoms with Crippen LogP contribution in [0, 0.1) is 5.92 Å². The molecule has 2 aliphatic heterocycles. The van der Waals surface area contributed by atoms with Crippen LogP contribution in [0.25, 0.3) is 10.9 Å². The Labute approximate surface area is 144 Å². The first-order valence-electron chi connectivity index (χ1n) is 9.24. The number of hydrogen-bond acceptors (Lipinski definition) is 4. The lowest BCUT2D eigenvalue weighted by atomic mass is 9.89. The molecule has 24 heavy (non-hydrogen) atoms. The summed E-state index contributed by atoms with van der Waals surface area (Å²) < 4.78 is 5.49. The number of aromatic nitrogens is 1. The molecule has 2 saturated heterocycles. The molecule has 2 aliphatic rings. The van der Waals surface area contributed by atoms with E-state index < -0.39 is 0 Å². The van der Waals surface area contributed by atoms with E-state index in [0.29, 0.717) is 6.04 Å². The fourth-order valence-corrected chi connectivity index (χ4v) is 4.13. The van der Waals surface area contributed by atoms with Crippen LogP contribution in [-0.2, 0) is 4.74 Å². The van der Waals surface area contributed by atoms with Crippen molar-refractivity contribution in [2.45, 2.75) is 25.8 Å². The van der Waals surface area contributed by atoms with Crippen LogP contribution in [0.5, 0.6) is 0 Å². The van der Waals surface area contributed by atoms with Crippen molar-refractivity contribution in [1.29, 1.82) is 0 Å². The zero-order chi connectivity index (χ0) is 16.4. The molecule has 0 radical (unpaired) electrons. The van der Waals surface area contributed by atoms with Gasteiger partial charge in [0, 0.05) is 37.6 Å². The van der Waals surface area contributed by atoms with Crippen molar-refractivity contribution in [2.24, 2.45) is 5.92 Å². The highest BCUT2D eigenvalue weighted by Crippen LogP contribution is 2.28. The third-order valence-corrected chi connectivity index (χ3v) is 5.75. The first-order valence-corrected chi connectivity index (χ1v) is 9.24. The van der Waals surface area contributed by atoms with Crippen LogP contribution in [-0.4, -0.2) is 55.3 Å². The van der Waals surface area contributed by atoms with Crippen molar-refractivity contribution in [3.63, 3.8) is 0 Å². The first kappa shape index (κ1) is 15.9. The molecule has 1 atom stereocenters.